The number of hydrogen-bond donors (Lipinski definition) is 1. The molecule has 0 saturated carbocycles. The molecular formula is C31H33N3O5S. The van der Waals surface area contributed by atoms with E-state index in [1.165, 1.54) is 18.3 Å². The highest BCUT2D eigenvalue weighted by Crippen LogP contribution is 2.36. The van der Waals surface area contributed by atoms with Crippen molar-refractivity contribution < 1.29 is 22.7 Å². The number of nitriles is 1. The van der Waals surface area contributed by atoms with Gasteiger partial charge in [0.1, 0.15) is 17.6 Å². The smallest absolute Gasteiger partial charge is 0.317 e. The van der Waals surface area contributed by atoms with Crippen molar-refractivity contribution in [2.45, 2.75) is 68.9 Å². The highest BCUT2D eigenvalue weighted by atomic mass is 32.2. The van der Waals surface area contributed by atoms with Gasteiger partial charge in [-0.15, -0.1) is 0 Å². The Kier molecular flexibility index (Phi) is 9.33. The fourth-order valence-electron chi connectivity index (χ4n) is 5.16. The third-order valence-electron chi connectivity index (χ3n) is 7.18. The fourth-order valence-corrected chi connectivity index (χ4v) is 6.14. The zero-order chi connectivity index (χ0) is 28.6. The molecule has 3 aromatic rings. The van der Waals surface area contributed by atoms with E-state index in [4.69, 9.17) is 10.00 Å². The normalized spacial score (nSPS) is 19.1. The van der Waals surface area contributed by atoms with Crippen LogP contribution in [0.1, 0.15) is 62.1 Å². The largest absolute Gasteiger partial charge is 0.458 e. The molecule has 1 aromatic heterocycles. The lowest BCUT2D eigenvalue weighted by Gasteiger charge is -2.39. The molecule has 1 N–H and O–H groups in total. The van der Waals surface area contributed by atoms with Crippen LogP contribution in [0.15, 0.2) is 78.0 Å². The number of sulfonamides is 1. The summed E-state index contributed by atoms with van der Waals surface area (Å²) in [5, 5.41) is 8.70. The van der Waals surface area contributed by atoms with Gasteiger partial charge in [-0.3, -0.25) is 14.3 Å². The van der Waals surface area contributed by atoms with Gasteiger partial charge in [-0.2, -0.15) is 13.7 Å². The number of esters is 1. The Morgan fingerprint density at radius 3 is 2.48 bits per heavy atom. The number of nitrogens with one attached hydrogen (secondary N) is 1. The highest BCUT2D eigenvalue weighted by Gasteiger charge is 2.45. The van der Waals surface area contributed by atoms with E-state index in [9.17, 15) is 18.0 Å². The van der Waals surface area contributed by atoms with Crippen LogP contribution in [-0.4, -0.2) is 30.8 Å². The van der Waals surface area contributed by atoms with Gasteiger partial charge in [0.05, 0.1) is 5.56 Å². The minimum absolute atomic E-state index is 0.0609. The average molecular weight is 560 g/mol. The van der Waals surface area contributed by atoms with E-state index >= 15 is 0 Å². The number of rotatable bonds is 12. The number of aromatic nitrogens is 1. The van der Waals surface area contributed by atoms with Gasteiger partial charge in [0.15, 0.2) is 10.8 Å². The second-order valence-corrected chi connectivity index (χ2v) is 11.9. The van der Waals surface area contributed by atoms with Crippen molar-refractivity contribution in [3.63, 3.8) is 0 Å². The summed E-state index contributed by atoms with van der Waals surface area (Å²) in [5.41, 5.74) is 1.92. The first-order valence-corrected chi connectivity index (χ1v) is 15.0. The van der Waals surface area contributed by atoms with Crippen LogP contribution in [0, 0.1) is 17.2 Å². The first-order valence-electron chi connectivity index (χ1n) is 13.5. The molecule has 2 heterocycles. The van der Waals surface area contributed by atoms with Crippen LogP contribution < -0.4 is 4.72 Å². The van der Waals surface area contributed by atoms with Gasteiger partial charge in [0.25, 0.3) is 10.0 Å². The Labute approximate surface area is 235 Å². The van der Waals surface area contributed by atoms with Gasteiger partial charge >= 0.3 is 5.97 Å². The molecule has 0 bridgehead atoms. The van der Waals surface area contributed by atoms with Crippen LogP contribution in [0.2, 0.25) is 0 Å². The second-order valence-electron chi connectivity index (χ2n) is 10.2. The Bertz CT molecular complexity index is 1460. The van der Waals surface area contributed by atoms with E-state index in [0.29, 0.717) is 37.8 Å². The predicted octanol–water partition coefficient (Wildman–Crippen LogP) is 5.38. The number of ether oxygens (including phenoxy) is 1. The molecular weight excluding hydrogens is 526 g/mol. The maximum atomic E-state index is 13.1. The molecule has 1 fully saturated rings. The van der Waals surface area contributed by atoms with Crippen LogP contribution in [0.5, 0.6) is 0 Å². The van der Waals surface area contributed by atoms with Gasteiger partial charge in [0.2, 0.25) is 0 Å². The lowest BCUT2D eigenvalue weighted by molar-refractivity contribution is -0.179. The predicted molar refractivity (Wildman–Crippen MR) is 151 cm³/mol. The minimum Gasteiger partial charge on any atom is -0.458 e. The molecule has 1 aliphatic heterocycles. The monoisotopic (exact) mass is 559 g/mol. The lowest BCUT2D eigenvalue weighted by Crippen LogP contribution is -2.48. The van der Waals surface area contributed by atoms with E-state index in [0.717, 1.165) is 24.0 Å². The number of pyridine rings is 1. The molecule has 0 aliphatic carbocycles. The summed E-state index contributed by atoms with van der Waals surface area (Å²) in [4.78, 5) is 30.0. The second kappa shape index (κ2) is 12.9. The molecule has 4 rings (SSSR count). The molecule has 0 amide bonds. The first-order chi connectivity index (χ1) is 19.2. The molecule has 208 valence electrons. The van der Waals surface area contributed by atoms with Crippen LogP contribution in [0.25, 0.3) is 0 Å². The van der Waals surface area contributed by atoms with E-state index < -0.39 is 27.5 Å². The molecule has 1 aliphatic rings. The highest BCUT2D eigenvalue weighted by molar-refractivity contribution is 7.92. The summed E-state index contributed by atoms with van der Waals surface area (Å²) in [5.74, 6) is -1.27. The number of hydrogen-bond acceptors (Lipinski definition) is 7. The average Bonchev–Trinajstić information content (AvgIpc) is 2.94. The van der Waals surface area contributed by atoms with Crippen molar-refractivity contribution in [3.8, 4) is 6.07 Å². The maximum absolute atomic E-state index is 13.1. The quantitative estimate of drug-likeness (QED) is 0.233. The Morgan fingerprint density at radius 1 is 1.02 bits per heavy atom. The third kappa shape index (κ3) is 7.33. The number of aryl methyl sites for hydroxylation is 2. The van der Waals surface area contributed by atoms with Gasteiger partial charge in [-0.05, 0) is 73.9 Å². The molecule has 1 saturated heterocycles. The van der Waals surface area contributed by atoms with Gasteiger partial charge in [0, 0.05) is 18.3 Å². The molecule has 40 heavy (non-hydrogen) atoms. The third-order valence-corrected chi connectivity index (χ3v) is 8.48. The summed E-state index contributed by atoms with van der Waals surface area (Å²) in [7, 11) is -3.92. The molecule has 0 spiro atoms. The summed E-state index contributed by atoms with van der Waals surface area (Å²) in [6.07, 6.45) is 5.81. The Hall–Kier alpha value is -4.03. The number of nitrogens with zero attached hydrogens (tertiary/aromatic N) is 2. The Balaban J connectivity index is 1.33. The fraction of sp³-hybridized carbons (Fsp3) is 0.355. The Morgan fingerprint density at radius 2 is 1.80 bits per heavy atom. The molecule has 0 radical (unpaired) electrons. The molecule has 1 unspecified atom stereocenters. The molecule has 2 aromatic carbocycles. The SMILES string of the molecule is CCC[C@]1(CCc2ccccc2)CC(=O)C(CCCc2cccc(NS(=O)(=O)c3ccc(C#N)cn3)c2)C(=O)O1. The maximum Gasteiger partial charge on any atom is 0.317 e. The van der Waals surface area contributed by atoms with Crippen molar-refractivity contribution in [3.05, 3.63) is 89.6 Å². The number of ketones is 1. The van der Waals surface area contributed by atoms with Crippen molar-refractivity contribution in [2.75, 3.05) is 4.72 Å². The summed E-state index contributed by atoms with van der Waals surface area (Å²) in [6, 6.07) is 21.5. The molecule has 9 heteroatoms. The van der Waals surface area contributed by atoms with E-state index in [-0.39, 0.29) is 22.8 Å². The lowest BCUT2D eigenvalue weighted by atomic mass is 9.79. The van der Waals surface area contributed by atoms with Crippen LogP contribution in [-0.2, 0) is 37.2 Å². The van der Waals surface area contributed by atoms with Crippen molar-refractivity contribution >= 4 is 27.5 Å². The van der Waals surface area contributed by atoms with Crippen molar-refractivity contribution in [1.82, 2.24) is 4.98 Å². The van der Waals surface area contributed by atoms with E-state index in [1.54, 1.807) is 18.2 Å². The van der Waals surface area contributed by atoms with Crippen LogP contribution in [0.3, 0.4) is 0 Å². The summed E-state index contributed by atoms with van der Waals surface area (Å²) < 4.78 is 33.9. The number of benzene rings is 2. The number of cyclic esters (lactones) is 1. The molecule has 8 nitrogen and oxygen atoms in total. The number of anilines is 1. The van der Waals surface area contributed by atoms with Gasteiger partial charge in [-0.1, -0.05) is 55.8 Å². The zero-order valence-corrected chi connectivity index (χ0v) is 23.3. The van der Waals surface area contributed by atoms with Crippen LogP contribution >= 0.6 is 0 Å². The van der Waals surface area contributed by atoms with E-state index in [2.05, 4.69) is 9.71 Å². The van der Waals surface area contributed by atoms with Crippen LogP contribution in [0.4, 0.5) is 5.69 Å². The standard InChI is InChI=1S/C31H33N3O5S/c1-2-17-31(18-16-23-8-4-3-5-9-23)20-28(35)27(30(36)39-31)13-7-11-24-10-6-12-26(19-24)34-40(37,38)29-15-14-25(21-32)22-33-29/h3-6,8-10,12,14-15,19,22,27,34H,2,7,11,13,16-18,20H2,1H3/t27?,31-/m0/s1. The van der Waals surface area contributed by atoms with Gasteiger partial charge < -0.3 is 4.74 Å². The summed E-state index contributed by atoms with van der Waals surface area (Å²) in [6.45, 7) is 2.03. The zero-order valence-electron chi connectivity index (χ0n) is 22.5. The number of Topliss-reactive ketones (excluding diaryl/α,β-unsaturated/α-hetero) is 1. The topological polar surface area (TPSA) is 126 Å². The first kappa shape index (κ1) is 29.0. The number of carbonyl (C=O) groups excluding carboxylic acids is 2. The van der Waals surface area contributed by atoms with Gasteiger partial charge in [-0.25, -0.2) is 4.98 Å². The number of carbonyl (C=O) groups is 2. The summed E-state index contributed by atoms with van der Waals surface area (Å²) >= 11 is 0. The minimum atomic E-state index is -3.92. The van der Waals surface area contributed by atoms with E-state index in [1.807, 2.05) is 49.4 Å². The van der Waals surface area contributed by atoms with Crippen molar-refractivity contribution in [2.24, 2.45) is 5.92 Å². The van der Waals surface area contributed by atoms with Crippen molar-refractivity contribution in [1.29, 1.82) is 5.26 Å². The molecule has 2 atom stereocenters.